The highest BCUT2D eigenvalue weighted by Gasteiger charge is 2.07. The van der Waals surface area contributed by atoms with E-state index in [2.05, 4.69) is 315 Å². The van der Waals surface area contributed by atoms with E-state index in [-0.39, 0.29) is 0 Å². The summed E-state index contributed by atoms with van der Waals surface area (Å²) in [5, 5.41) is 5.52. The third kappa shape index (κ3) is 15.7. The first-order valence-electron chi connectivity index (χ1n) is 26.9. The average molecular weight is 991 g/mol. The lowest BCUT2D eigenvalue weighted by molar-refractivity contribution is 1.35. The molecule has 0 saturated carbocycles. The van der Waals surface area contributed by atoms with E-state index in [1.165, 1.54) is 144 Å². The molecule has 11 aromatic carbocycles. The van der Waals surface area contributed by atoms with E-state index in [4.69, 9.17) is 0 Å². The van der Waals surface area contributed by atoms with Crippen molar-refractivity contribution in [3.8, 4) is 44.5 Å². The fourth-order valence-electron chi connectivity index (χ4n) is 10.1. The predicted octanol–water partition coefficient (Wildman–Crippen LogP) is 21.7. The Hall–Kier alpha value is -8.06. The zero-order valence-corrected chi connectivity index (χ0v) is 47.8. The Bertz CT molecular complexity index is 3340. The second-order valence-corrected chi connectivity index (χ2v) is 21.4. The topological polar surface area (TPSA) is 0 Å². The van der Waals surface area contributed by atoms with Crippen LogP contribution >= 0.6 is 0 Å². The van der Waals surface area contributed by atoms with E-state index < -0.39 is 0 Å². The summed E-state index contributed by atoms with van der Waals surface area (Å²) in [5.74, 6) is 0. The standard InChI is InChI=1S/C18H18.C16H18.3C14H14/c1-11-7-13(3)15-5-6-16-14(4)8-12(2)10-18(16)17(15)9-11;1-11-5-12(2)8-15(7-11)16-9-13(3)6-14(4)10-16;1-11-3-7-13(8-4-11)14-9-5-12(2)6-10-14;2*1-11-5-3-7-13(9-11)14-8-4-6-12(2)10-14/h5-10H,1-4H3;5-10H,1-4H3;3*3-10H,1-2H3. The van der Waals surface area contributed by atoms with Gasteiger partial charge in [-0.3, -0.25) is 0 Å². The Morgan fingerprint density at radius 1 is 0.145 bits per heavy atom. The fraction of sp³-hybridized carbons (Fsp3) is 0.184. The lowest BCUT2D eigenvalue weighted by atomic mass is 9.94. The zero-order valence-electron chi connectivity index (χ0n) is 47.8. The van der Waals surface area contributed by atoms with Gasteiger partial charge in [-0.2, -0.15) is 0 Å². The average Bonchev–Trinajstić information content (AvgIpc) is 3.38. The SMILES string of the molecule is Cc1cc(C)c2ccc3c(C)cc(C)cc3c2c1.Cc1cc(C)cc(-c2cc(C)cc(C)c2)c1.Cc1ccc(-c2ccc(C)cc2)cc1.Cc1cccc(-c2cccc(C)c2)c1.Cc1cccc(-c2cccc(C)c2)c1. The summed E-state index contributed by atoms with van der Waals surface area (Å²) in [5.41, 5.74) is 29.0. The first-order chi connectivity index (χ1) is 36.4. The van der Waals surface area contributed by atoms with Crippen LogP contribution in [0.25, 0.3) is 66.1 Å². The zero-order chi connectivity index (χ0) is 54.5. The molecule has 0 spiro atoms. The van der Waals surface area contributed by atoms with E-state index in [0.717, 1.165) is 0 Å². The quantitative estimate of drug-likeness (QED) is 0.154. The molecule has 0 nitrogen and oxygen atoms in total. The monoisotopic (exact) mass is 991 g/mol. The summed E-state index contributed by atoms with van der Waals surface area (Å²) in [7, 11) is 0. The molecular formula is C76H78. The molecule has 0 heterocycles. The predicted molar refractivity (Wildman–Crippen MR) is 335 cm³/mol. The van der Waals surface area contributed by atoms with Crippen LogP contribution in [0.3, 0.4) is 0 Å². The van der Waals surface area contributed by atoms with Crippen LogP contribution < -0.4 is 0 Å². The van der Waals surface area contributed by atoms with Gasteiger partial charge < -0.3 is 0 Å². The molecule has 0 aliphatic carbocycles. The third-order valence-electron chi connectivity index (χ3n) is 13.7. The Morgan fingerprint density at radius 2 is 0.395 bits per heavy atom. The second-order valence-electron chi connectivity index (χ2n) is 21.4. The van der Waals surface area contributed by atoms with E-state index in [0.29, 0.717) is 0 Å². The molecule has 0 heteroatoms. The Labute approximate surface area is 456 Å². The molecule has 0 N–H and O–H groups in total. The number of hydrogen-bond acceptors (Lipinski definition) is 0. The summed E-state index contributed by atoms with van der Waals surface area (Å²) >= 11 is 0. The van der Waals surface area contributed by atoms with Gasteiger partial charge in [-0.1, -0.05) is 285 Å². The van der Waals surface area contributed by atoms with Crippen molar-refractivity contribution in [2.75, 3.05) is 0 Å². The van der Waals surface area contributed by atoms with Gasteiger partial charge in [-0.05, 0) is 174 Å². The van der Waals surface area contributed by atoms with Crippen molar-refractivity contribution >= 4 is 21.5 Å². The van der Waals surface area contributed by atoms with Crippen molar-refractivity contribution in [1.82, 2.24) is 0 Å². The summed E-state index contributed by atoms with van der Waals surface area (Å²) in [6.45, 7) is 30.1. The minimum absolute atomic E-state index is 1.29. The molecule has 0 aliphatic rings. The molecule has 0 aromatic heterocycles. The fourth-order valence-corrected chi connectivity index (χ4v) is 10.1. The lowest BCUT2D eigenvalue weighted by Crippen LogP contribution is -1.87. The van der Waals surface area contributed by atoms with Gasteiger partial charge in [0, 0.05) is 0 Å². The van der Waals surface area contributed by atoms with Crippen molar-refractivity contribution < 1.29 is 0 Å². The first kappa shape index (κ1) is 55.7. The smallest absolute Gasteiger partial charge is 0.00999 e. The summed E-state index contributed by atoms with van der Waals surface area (Å²) in [6.07, 6.45) is 0. The van der Waals surface area contributed by atoms with Gasteiger partial charge >= 0.3 is 0 Å². The molecule has 0 radical (unpaired) electrons. The minimum Gasteiger partial charge on any atom is -0.0614 e. The Morgan fingerprint density at radius 3 is 0.658 bits per heavy atom. The maximum atomic E-state index is 2.31. The summed E-state index contributed by atoms with van der Waals surface area (Å²) < 4.78 is 0. The molecule has 0 unspecified atom stereocenters. The van der Waals surface area contributed by atoms with Crippen molar-refractivity contribution in [2.45, 2.75) is 96.9 Å². The summed E-state index contributed by atoms with van der Waals surface area (Å²) in [4.78, 5) is 0. The molecule has 11 rings (SSSR count). The molecule has 11 aromatic rings. The van der Waals surface area contributed by atoms with Gasteiger partial charge in [0.2, 0.25) is 0 Å². The number of rotatable bonds is 4. The van der Waals surface area contributed by atoms with Crippen LogP contribution in [-0.2, 0) is 0 Å². The van der Waals surface area contributed by atoms with Crippen LogP contribution in [0, 0.1) is 96.9 Å². The number of aryl methyl sites for hydroxylation is 14. The highest BCUT2D eigenvalue weighted by Crippen LogP contribution is 2.32. The normalized spacial score (nSPS) is 10.5. The van der Waals surface area contributed by atoms with Crippen molar-refractivity contribution in [3.63, 3.8) is 0 Å². The van der Waals surface area contributed by atoms with Crippen molar-refractivity contribution in [2.24, 2.45) is 0 Å². The van der Waals surface area contributed by atoms with Gasteiger partial charge in [0.1, 0.15) is 0 Å². The van der Waals surface area contributed by atoms with Crippen LogP contribution in [0.1, 0.15) is 77.9 Å². The van der Waals surface area contributed by atoms with Gasteiger partial charge in [0.05, 0.1) is 0 Å². The molecule has 0 fully saturated rings. The highest BCUT2D eigenvalue weighted by molar-refractivity contribution is 6.09. The number of hydrogen-bond donors (Lipinski definition) is 0. The van der Waals surface area contributed by atoms with Crippen LogP contribution in [0.5, 0.6) is 0 Å². The van der Waals surface area contributed by atoms with Crippen molar-refractivity contribution in [3.05, 3.63) is 296 Å². The minimum atomic E-state index is 1.29. The van der Waals surface area contributed by atoms with Gasteiger partial charge in [0.15, 0.2) is 0 Å². The molecule has 0 aliphatic heterocycles. The number of fused-ring (bicyclic) bond motifs is 3. The Balaban J connectivity index is 0.000000139. The van der Waals surface area contributed by atoms with Crippen LogP contribution in [0.4, 0.5) is 0 Å². The van der Waals surface area contributed by atoms with E-state index in [1.54, 1.807) is 0 Å². The largest absolute Gasteiger partial charge is 0.0614 e. The van der Waals surface area contributed by atoms with Gasteiger partial charge in [-0.25, -0.2) is 0 Å². The van der Waals surface area contributed by atoms with E-state index in [1.807, 2.05) is 0 Å². The number of benzene rings is 11. The van der Waals surface area contributed by atoms with E-state index in [9.17, 15) is 0 Å². The summed E-state index contributed by atoms with van der Waals surface area (Å²) in [6, 6.07) is 78.7. The maximum Gasteiger partial charge on any atom is -0.00999 e. The molecule has 382 valence electrons. The first-order valence-corrected chi connectivity index (χ1v) is 26.9. The highest BCUT2D eigenvalue weighted by atomic mass is 14.1. The van der Waals surface area contributed by atoms with Gasteiger partial charge in [-0.15, -0.1) is 0 Å². The molecule has 0 amide bonds. The Kier molecular flexibility index (Phi) is 19.0. The van der Waals surface area contributed by atoms with Crippen LogP contribution in [-0.4, -0.2) is 0 Å². The lowest BCUT2D eigenvalue weighted by Gasteiger charge is -2.11. The second kappa shape index (κ2) is 25.9. The third-order valence-corrected chi connectivity index (χ3v) is 13.7. The van der Waals surface area contributed by atoms with Crippen LogP contribution in [0.2, 0.25) is 0 Å². The van der Waals surface area contributed by atoms with Gasteiger partial charge in [0.25, 0.3) is 0 Å². The van der Waals surface area contributed by atoms with E-state index >= 15 is 0 Å². The molecule has 0 atom stereocenters. The maximum absolute atomic E-state index is 2.31. The molecule has 0 saturated heterocycles. The molecular weight excluding hydrogens is 913 g/mol. The van der Waals surface area contributed by atoms with Crippen LogP contribution in [0.15, 0.2) is 218 Å². The van der Waals surface area contributed by atoms with Crippen molar-refractivity contribution in [1.29, 1.82) is 0 Å². The molecule has 76 heavy (non-hydrogen) atoms. The molecule has 0 bridgehead atoms.